The first kappa shape index (κ1) is 14.4. The fourth-order valence-electron chi connectivity index (χ4n) is 2.53. The van der Waals surface area contributed by atoms with Crippen LogP contribution in [0.5, 0.6) is 0 Å². The van der Waals surface area contributed by atoms with Gasteiger partial charge < -0.3 is 14.4 Å². The lowest BCUT2D eigenvalue weighted by Crippen LogP contribution is -2.26. The molecule has 6 heteroatoms. The predicted octanol–water partition coefficient (Wildman–Crippen LogP) is 3.14. The molecular weight excluding hydrogens is 306 g/mol. The van der Waals surface area contributed by atoms with Crippen molar-refractivity contribution in [1.82, 2.24) is 4.90 Å². The maximum absolute atomic E-state index is 12.5. The summed E-state index contributed by atoms with van der Waals surface area (Å²) in [7, 11) is 1.53. The van der Waals surface area contributed by atoms with Crippen molar-refractivity contribution < 1.29 is 19.1 Å². The van der Waals surface area contributed by atoms with E-state index in [0.29, 0.717) is 10.6 Å². The van der Waals surface area contributed by atoms with Crippen LogP contribution in [-0.4, -0.2) is 28.7 Å². The van der Waals surface area contributed by atoms with Gasteiger partial charge in [0.15, 0.2) is 11.5 Å². The molecule has 1 atom stereocenters. The number of carbonyl (C=O) groups is 2. The fourth-order valence-corrected chi connectivity index (χ4v) is 2.66. The van der Waals surface area contributed by atoms with Gasteiger partial charge in [-0.15, -0.1) is 0 Å². The number of nitrogens with zero attached hydrogens (tertiary/aromatic N) is 1. The topological polar surface area (TPSA) is 70.8 Å². The molecule has 0 spiro atoms. The van der Waals surface area contributed by atoms with E-state index in [0.717, 1.165) is 0 Å². The van der Waals surface area contributed by atoms with Crippen molar-refractivity contribution in [3.8, 4) is 0 Å². The van der Waals surface area contributed by atoms with Gasteiger partial charge in [-0.1, -0.05) is 23.7 Å². The maximum Gasteiger partial charge on any atom is 0.289 e. The highest BCUT2D eigenvalue weighted by atomic mass is 35.5. The summed E-state index contributed by atoms with van der Waals surface area (Å²) in [6, 6.07) is 9.14. The molecule has 5 nitrogen and oxygen atoms in total. The number of furan rings is 1. The Kier molecular flexibility index (Phi) is 3.50. The van der Waals surface area contributed by atoms with Gasteiger partial charge in [0.1, 0.15) is 0 Å². The van der Waals surface area contributed by atoms with Crippen molar-refractivity contribution in [2.45, 2.75) is 6.04 Å². The minimum atomic E-state index is -0.678. The minimum Gasteiger partial charge on any atom is -0.503 e. The molecular formula is C16H12ClNO4. The standard InChI is InChI=1S/C16H12ClNO4/c1-18-13(9-4-6-10(17)7-5-9)12(15(20)16(18)21)14(19)11-3-2-8-22-11/h2-8,13,20H,1H3. The molecule has 1 aliphatic rings. The van der Waals surface area contributed by atoms with E-state index in [4.69, 9.17) is 16.0 Å². The number of benzene rings is 1. The fraction of sp³-hybridized carbons (Fsp3) is 0.125. The molecule has 1 aromatic carbocycles. The van der Waals surface area contributed by atoms with Crippen LogP contribution >= 0.6 is 11.6 Å². The van der Waals surface area contributed by atoms with E-state index in [9.17, 15) is 14.7 Å². The van der Waals surface area contributed by atoms with Gasteiger partial charge in [0, 0.05) is 12.1 Å². The monoisotopic (exact) mass is 317 g/mol. The number of Topliss-reactive ketones (excluding diaryl/α,β-unsaturated/α-hetero) is 1. The number of carbonyl (C=O) groups excluding carboxylic acids is 2. The second-order valence-electron chi connectivity index (χ2n) is 4.94. The number of ketones is 1. The van der Waals surface area contributed by atoms with E-state index in [1.165, 1.54) is 24.3 Å². The molecule has 0 radical (unpaired) electrons. The number of likely N-dealkylation sites (N-methyl/N-ethyl adjacent to an activating group) is 1. The van der Waals surface area contributed by atoms with Crippen molar-refractivity contribution in [2.75, 3.05) is 7.05 Å². The van der Waals surface area contributed by atoms with Crippen molar-refractivity contribution in [1.29, 1.82) is 0 Å². The quantitative estimate of drug-likeness (QED) is 0.883. The molecule has 1 aliphatic heterocycles. The summed E-state index contributed by atoms with van der Waals surface area (Å²) in [6.07, 6.45) is 1.36. The summed E-state index contributed by atoms with van der Waals surface area (Å²) in [5.74, 6) is -1.59. The number of hydrogen-bond acceptors (Lipinski definition) is 4. The number of hydrogen-bond donors (Lipinski definition) is 1. The average Bonchev–Trinajstić information content (AvgIpc) is 3.11. The van der Waals surface area contributed by atoms with Gasteiger partial charge in [0.05, 0.1) is 17.9 Å². The normalized spacial score (nSPS) is 18.2. The number of amides is 1. The van der Waals surface area contributed by atoms with E-state index >= 15 is 0 Å². The molecule has 1 aromatic heterocycles. The first-order chi connectivity index (χ1) is 10.5. The summed E-state index contributed by atoms with van der Waals surface area (Å²) in [6.45, 7) is 0. The van der Waals surface area contributed by atoms with Crippen LogP contribution in [0.25, 0.3) is 0 Å². The summed E-state index contributed by atoms with van der Waals surface area (Å²) in [4.78, 5) is 25.9. The third-order valence-electron chi connectivity index (χ3n) is 3.61. The first-order valence-corrected chi connectivity index (χ1v) is 6.92. The van der Waals surface area contributed by atoms with Gasteiger partial charge in [-0.2, -0.15) is 0 Å². The Balaban J connectivity index is 2.09. The third-order valence-corrected chi connectivity index (χ3v) is 3.87. The average molecular weight is 318 g/mol. The van der Waals surface area contributed by atoms with Crippen LogP contribution in [0.3, 0.4) is 0 Å². The van der Waals surface area contributed by atoms with Crippen LogP contribution in [0.4, 0.5) is 0 Å². The van der Waals surface area contributed by atoms with E-state index in [1.54, 1.807) is 30.3 Å². The van der Waals surface area contributed by atoms with Gasteiger partial charge in [0.2, 0.25) is 5.78 Å². The summed E-state index contributed by atoms with van der Waals surface area (Å²) < 4.78 is 5.08. The van der Waals surface area contributed by atoms with Gasteiger partial charge >= 0.3 is 0 Å². The Morgan fingerprint density at radius 3 is 2.55 bits per heavy atom. The highest BCUT2D eigenvalue weighted by molar-refractivity contribution is 6.30. The van der Waals surface area contributed by atoms with Crippen molar-refractivity contribution in [3.63, 3.8) is 0 Å². The molecule has 22 heavy (non-hydrogen) atoms. The molecule has 2 aromatic rings. The van der Waals surface area contributed by atoms with Crippen LogP contribution in [-0.2, 0) is 4.79 Å². The van der Waals surface area contributed by atoms with Crippen molar-refractivity contribution in [2.24, 2.45) is 0 Å². The Hall–Kier alpha value is -2.53. The molecule has 2 heterocycles. The number of aliphatic hydroxyl groups excluding tert-OH is 1. The van der Waals surface area contributed by atoms with Gasteiger partial charge in [-0.05, 0) is 29.8 Å². The van der Waals surface area contributed by atoms with Crippen molar-refractivity contribution >= 4 is 23.3 Å². The molecule has 0 saturated carbocycles. The lowest BCUT2D eigenvalue weighted by atomic mass is 9.95. The Labute approximate surface area is 131 Å². The molecule has 0 fully saturated rings. The third kappa shape index (κ3) is 2.19. The van der Waals surface area contributed by atoms with Crippen LogP contribution in [0.2, 0.25) is 5.02 Å². The minimum absolute atomic E-state index is 0.00442. The van der Waals surface area contributed by atoms with Gasteiger partial charge in [0.25, 0.3) is 5.91 Å². The van der Waals surface area contributed by atoms with Crippen LogP contribution in [0.1, 0.15) is 22.2 Å². The van der Waals surface area contributed by atoms with E-state index in [2.05, 4.69) is 0 Å². The smallest absolute Gasteiger partial charge is 0.289 e. The van der Waals surface area contributed by atoms with Crippen LogP contribution < -0.4 is 0 Å². The summed E-state index contributed by atoms with van der Waals surface area (Å²) in [5, 5.41) is 10.6. The van der Waals surface area contributed by atoms with Crippen LogP contribution in [0.15, 0.2) is 58.4 Å². The number of rotatable bonds is 3. The molecule has 3 rings (SSSR count). The van der Waals surface area contributed by atoms with Gasteiger partial charge in [-0.25, -0.2) is 0 Å². The molecule has 0 aliphatic carbocycles. The maximum atomic E-state index is 12.5. The summed E-state index contributed by atoms with van der Waals surface area (Å²) in [5.41, 5.74) is 0.684. The van der Waals surface area contributed by atoms with Crippen molar-refractivity contribution in [3.05, 3.63) is 70.3 Å². The lowest BCUT2D eigenvalue weighted by molar-refractivity contribution is -0.128. The number of halogens is 1. The first-order valence-electron chi connectivity index (χ1n) is 6.54. The van der Waals surface area contributed by atoms with E-state index in [1.807, 2.05) is 0 Å². The largest absolute Gasteiger partial charge is 0.503 e. The SMILES string of the molecule is CN1C(=O)C(O)=C(C(=O)c2ccco2)C1c1ccc(Cl)cc1. The molecule has 0 bridgehead atoms. The lowest BCUT2D eigenvalue weighted by Gasteiger charge is -2.22. The zero-order valence-corrected chi connectivity index (χ0v) is 12.4. The van der Waals surface area contributed by atoms with E-state index < -0.39 is 23.5 Å². The second kappa shape index (κ2) is 5.35. The Morgan fingerprint density at radius 2 is 1.95 bits per heavy atom. The Morgan fingerprint density at radius 1 is 1.27 bits per heavy atom. The molecule has 1 N–H and O–H groups in total. The summed E-state index contributed by atoms with van der Waals surface area (Å²) >= 11 is 5.87. The Bertz CT molecular complexity index is 762. The highest BCUT2D eigenvalue weighted by Crippen LogP contribution is 2.38. The van der Waals surface area contributed by atoms with Crippen LogP contribution in [0, 0.1) is 0 Å². The molecule has 1 amide bonds. The number of aliphatic hydroxyl groups is 1. The van der Waals surface area contributed by atoms with Gasteiger partial charge in [-0.3, -0.25) is 9.59 Å². The molecule has 112 valence electrons. The van der Waals surface area contributed by atoms with E-state index in [-0.39, 0.29) is 11.3 Å². The highest BCUT2D eigenvalue weighted by Gasteiger charge is 2.42. The zero-order valence-electron chi connectivity index (χ0n) is 11.6. The second-order valence-corrected chi connectivity index (χ2v) is 5.38. The predicted molar refractivity (Wildman–Crippen MR) is 79.7 cm³/mol. The molecule has 0 saturated heterocycles. The zero-order chi connectivity index (χ0) is 15.9. The molecule has 1 unspecified atom stereocenters.